The van der Waals surface area contributed by atoms with E-state index in [0.717, 1.165) is 11.8 Å². The van der Waals surface area contributed by atoms with Crippen LogP contribution in [0.1, 0.15) is 19.4 Å². The van der Waals surface area contributed by atoms with E-state index in [1.54, 1.807) is 6.92 Å². The minimum atomic E-state index is -0.796. The molecule has 1 atom stereocenters. The molecular formula is C11H14O2. The lowest BCUT2D eigenvalue weighted by molar-refractivity contribution is -0.129. The van der Waals surface area contributed by atoms with Crippen molar-refractivity contribution in [3.63, 3.8) is 0 Å². The zero-order chi connectivity index (χ0) is 9.73. The Bertz CT molecular complexity index is 269. The van der Waals surface area contributed by atoms with Crippen LogP contribution in [-0.4, -0.2) is 12.9 Å². The molecular weight excluding hydrogens is 164 g/mol. The quantitative estimate of drug-likeness (QED) is 0.660. The lowest BCUT2D eigenvalue weighted by Crippen LogP contribution is -2.27. The smallest absolute Gasteiger partial charge is 0.156 e. The second-order valence-corrected chi connectivity index (χ2v) is 3.02. The molecule has 2 heteroatoms. The van der Waals surface area contributed by atoms with Crippen LogP contribution in [0, 0.1) is 0 Å². The van der Waals surface area contributed by atoms with E-state index in [4.69, 9.17) is 4.74 Å². The molecule has 0 aliphatic rings. The summed E-state index contributed by atoms with van der Waals surface area (Å²) in [6.45, 7) is 4.19. The molecule has 0 radical (unpaired) electrons. The van der Waals surface area contributed by atoms with Gasteiger partial charge in [0.25, 0.3) is 0 Å². The highest BCUT2D eigenvalue weighted by Gasteiger charge is 2.25. The third kappa shape index (κ3) is 2.16. The molecule has 0 amide bonds. The second-order valence-electron chi connectivity index (χ2n) is 3.02. The van der Waals surface area contributed by atoms with Crippen molar-refractivity contribution in [1.29, 1.82) is 0 Å². The average Bonchev–Trinajstić information content (AvgIpc) is 2.19. The summed E-state index contributed by atoms with van der Waals surface area (Å²) in [5, 5.41) is 0. The lowest BCUT2D eigenvalue weighted by atomic mass is 9.98. The van der Waals surface area contributed by atoms with Gasteiger partial charge in [0.1, 0.15) is 5.60 Å². The van der Waals surface area contributed by atoms with Crippen LogP contribution in [0.2, 0.25) is 0 Å². The van der Waals surface area contributed by atoms with E-state index >= 15 is 0 Å². The van der Waals surface area contributed by atoms with Crippen LogP contribution >= 0.6 is 0 Å². The normalized spacial score (nSPS) is 14.9. The maximum atomic E-state index is 10.9. The van der Waals surface area contributed by atoms with Gasteiger partial charge in [-0.05, 0) is 19.4 Å². The van der Waals surface area contributed by atoms with Crippen LogP contribution in [0.5, 0.6) is 0 Å². The van der Waals surface area contributed by atoms with Crippen LogP contribution in [0.4, 0.5) is 0 Å². The topological polar surface area (TPSA) is 26.3 Å². The first kappa shape index (κ1) is 9.93. The summed E-state index contributed by atoms with van der Waals surface area (Å²) in [6.07, 6.45) is 0.839. The summed E-state index contributed by atoms with van der Waals surface area (Å²) in [5.41, 5.74) is 0.0996. The predicted octanol–water partition coefficient (Wildman–Crippen LogP) is 2.14. The molecule has 0 N–H and O–H groups in total. The zero-order valence-corrected chi connectivity index (χ0v) is 7.99. The Morgan fingerprint density at radius 1 is 1.38 bits per heavy atom. The summed E-state index contributed by atoms with van der Waals surface area (Å²) in [7, 11) is 0. The monoisotopic (exact) mass is 178 g/mol. The van der Waals surface area contributed by atoms with E-state index in [9.17, 15) is 4.79 Å². The third-order valence-corrected chi connectivity index (χ3v) is 2.02. The Hall–Kier alpha value is -1.15. The number of hydrogen-bond acceptors (Lipinski definition) is 2. The first-order valence-electron chi connectivity index (χ1n) is 4.38. The molecule has 0 saturated heterocycles. The summed E-state index contributed by atoms with van der Waals surface area (Å²) in [6, 6.07) is 9.50. The molecule has 70 valence electrons. The van der Waals surface area contributed by atoms with Gasteiger partial charge in [-0.25, -0.2) is 0 Å². The van der Waals surface area contributed by atoms with Crippen molar-refractivity contribution >= 4 is 6.29 Å². The lowest BCUT2D eigenvalue weighted by Gasteiger charge is -2.23. The van der Waals surface area contributed by atoms with Crippen molar-refractivity contribution in [1.82, 2.24) is 0 Å². The first-order chi connectivity index (χ1) is 6.23. The van der Waals surface area contributed by atoms with E-state index in [1.165, 1.54) is 0 Å². The number of benzene rings is 1. The first-order valence-corrected chi connectivity index (χ1v) is 4.38. The van der Waals surface area contributed by atoms with Gasteiger partial charge in [-0.15, -0.1) is 0 Å². The number of ether oxygens (including phenoxy) is 1. The molecule has 13 heavy (non-hydrogen) atoms. The number of rotatable bonds is 4. The maximum Gasteiger partial charge on any atom is 0.156 e. The molecule has 1 unspecified atom stereocenters. The fourth-order valence-electron chi connectivity index (χ4n) is 1.25. The Balaban J connectivity index is 2.95. The minimum Gasteiger partial charge on any atom is -0.363 e. The molecule has 0 aliphatic heterocycles. The van der Waals surface area contributed by atoms with E-state index in [-0.39, 0.29) is 0 Å². The van der Waals surface area contributed by atoms with E-state index in [0.29, 0.717) is 6.61 Å². The van der Waals surface area contributed by atoms with Crippen molar-refractivity contribution in [2.24, 2.45) is 0 Å². The molecule has 0 aliphatic carbocycles. The Morgan fingerprint density at radius 3 is 2.46 bits per heavy atom. The van der Waals surface area contributed by atoms with Crippen LogP contribution in [-0.2, 0) is 15.1 Å². The summed E-state index contributed by atoms with van der Waals surface area (Å²) >= 11 is 0. The van der Waals surface area contributed by atoms with Crippen molar-refractivity contribution in [2.75, 3.05) is 6.61 Å². The molecule has 0 bridgehead atoms. The molecule has 0 spiro atoms. The predicted molar refractivity (Wildman–Crippen MR) is 51.5 cm³/mol. The van der Waals surface area contributed by atoms with Gasteiger partial charge in [0.05, 0.1) is 0 Å². The van der Waals surface area contributed by atoms with Gasteiger partial charge < -0.3 is 4.74 Å². The van der Waals surface area contributed by atoms with Crippen molar-refractivity contribution in [3.05, 3.63) is 35.9 Å². The summed E-state index contributed by atoms with van der Waals surface area (Å²) in [5.74, 6) is 0. The number of hydrogen-bond donors (Lipinski definition) is 0. The van der Waals surface area contributed by atoms with Gasteiger partial charge >= 0.3 is 0 Å². The molecule has 0 heterocycles. The Morgan fingerprint density at radius 2 is 2.00 bits per heavy atom. The van der Waals surface area contributed by atoms with Crippen LogP contribution in [0.3, 0.4) is 0 Å². The van der Waals surface area contributed by atoms with Crippen molar-refractivity contribution < 1.29 is 9.53 Å². The fraction of sp³-hybridized carbons (Fsp3) is 0.364. The molecule has 1 aromatic rings. The highest BCUT2D eigenvalue weighted by atomic mass is 16.5. The molecule has 0 aromatic heterocycles. The minimum absolute atomic E-state index is 0.532. The van der Waals surface area contributed by atoms with Crippen molar-refractivity contribution in [2.45, 2.75) is 19.4 Å². The van der Waals surface area contributed by atoms with E-state index < -0.39 is 5.60 Å². The van der Waals surface area contributed by atoms with Gasteiger partial charge in [-0.1, -0.05) is 30.3 Å². The van der Waals surface area contributed by atoms with Crippen LogP contribution in [0.15, 0.2) is 30.3 Å². The molecule has 1 rings (SSSR count). The summed E-state index contributed by atoms with van der Waals surface area (Å²) in [4.78, 5) is 10.9. The highest BCUT2D eigenvalue weighted by Crippen LogP contribution is 2.22. The molecule has 1 aromatic carbocycles. The fourth-order valence-corrected chi connectivity index (χ4v) is 1.25. The van der Waals surface area contributed by atoms with E-state index in [2.05, 4.69) is 0 Å². The standard InChI is InChI=1S/C11H14O2/c1-3-13-11(2,9-12)10-7-5-4-6-8-10/h4-9H,3H2,1-2H3. The molecule has 2 nitrogen and oxygen atoms in total. The highest BCUT2D eigenvalue weighted by molar-refractivity contribution is 5.65. The molecule has 0 fully saturated rings. The van der Waals surface area contributed by atoms with Gasteiger partial charge in [0.15, 0.2) is 6.29 Å². The van der Waals surface area contributed by atoms with Gasteiger partial charge in [0.2, 0.25) is 0 Å². The number of carbonyl (C=O) groups is 1. The Kier molecular flexibility index (Phi) is 3.20. The second kappa shape index (κ2) is 4.19. The van der Waals surface area contributed by atoms with Crippen LogP contribution < -0.4 is 0 Å². The van der Waals surface area contributed by atoms with Gasteiger partial charge in [0, 0.05) is 6.61 Å². The maximum absolute atomic E-state index is 10.9. The largest absolute Gasteiger partial charge is 0.363 e. The van der Waals surface area contributed by atoms with Gasteiger partial charge in [-0.3, -0.25) is 4.79 Å². The average molecular weight is 178 g/mol. The van der Waals surface area contributed by atoms with E-state index in [1.807, 2.05) is 37.3 Å². The zero-order valence-electron chi connectivity index (χ0n) is 7.99. The number of aldehydes is 1. The van der Waals surface area contributed by atoms with Crippen LogP contribution in [0.25, 0.3) is 0 Å². The SMILES string of the molecule is CCOC(C)(C=O)c1ccccc1. The summed E-state index contributed by atoms with van der Waals surface area (Å²) < 4.78 is 5.40. The molecule has 0 saturated carbocycles. The number of carbonyl (C=O) groups excluding carboxylic acids is 1. The Labute approximate surface area is 78.5 Å². The van der Waals surface area contributed by atoms with Crippen molar-refractivity contribution in [3.8, 4) is 0 Å². The third-order valence-electron chi connectivity index (χ3n) is 2.02. The van der Waals surface area contributed by atoms with Gasteiger partial charge in [-0.2, -0.15) is 0 Å².